The van der Waals surface area contributed by atoms with E-state index in [0.29, 0.717) is 16.9 Å². The summed E-state index contributed by atoms with van der Waals surface area (Å²) in [6, 6.07) is 5.35. The summed E-state index contributed by atoms with van der Waals surface area (Å²) in [6.45, 7) is 1.96. The lowest BCUT2D eigenvalue weighted by molar-refractivity contribution is 0.209. The monoisotopic (exact) mass is 295 g/mol. The molecule has 0 aliphatic heterocycles. The summed E-state index contributed by atoms with van der Waals surface area (Å²) in [6.07, 6.45) is 3.77. The van der Waals surface area contributed by atoms with Gasteiger partial charge in [0.2, 0.25) is 0 Å². The van der Waals surface area contributed by atoms with Gasteiger partial charge in [0, 0.05) is 29.5 Å². The number of nitrogens with one attached hydrogen (secondary N) is 1. The number of anilines is 2. The molecule has 0 aliphatic carbocycles. The van der Waals surface area contributed by atoms with Gasteiger partial charge in [-0.05, 0) is 36.1 Å². The highest BCUT2D eigenvalue weighted by molar-refractivity contribution is 5.95. The lowest BCUT2D eigenvalue weighted by Gasteiger charge is -2.09. The van der Waals surface area contributed by atoms with Gasteiger partial charge in [-0.1, -0.05) is 0 Å². The summed E-state index contributed by atoms with van der Waals surface area (Å²) < 4.78 is 0. The second kappa shape index (κ2) is 5.28. The Bertz CT molecular complexity index is 879. The molecular weight excluding hydrogens is 282 g/mol. The smallest absolute Gasteiger partial charge is 0.410 e. The number of aromatic nitrogens is 3. The van der Waals surface area contributed by atoms with Gasteiger partial charge in [0.25, 0.3) is 0 Å². The number of carboxylic acid groups (broad SMARTS) is 1. The molecule has 0 saturated carbocycles. The predicted octanol–water partition coefficient (Wildman–Crippen LogP) is 2.67. The second-order valence-electron chi connectivity index (χ2n) is 4.80. The molecule has 0 fully saturated rings. The minimum atomic E-state index is -1.17. The Morgan fingerprint density at radius 1 is 1.32 bits per heavy atom. The average Bonchev–Trinajstić information content (AvgIpc) is 2.46. The van der Waals surface area contributed by atoms with Crippen molar-refractivity contribution in [3.8, 4) is 11.3 Å². The van der Waals surface area contributed by atoms with Gasteiger partial charge in [-0.2, -0.15) is 0 Å². The van der Waals surface area contributed by atoms with Gasteiger partial charge in [0.15, 0.2) is 0 Å². The molecule has 1 amide bonds. The molecule has 0 atom stereocenters. The molecule has 3 aromatic rings. The van der Waals surface area contributed by atoms with E-state index < -0.39 is 6.09 Å². The fraction of sp³-hybridized carbons (Fsp3) is 0.0667. The van der Waals surface area contributed by atoms with Gasteiger partial charge >= 0.3 is 6.09 Å². The van der Waals surface area contributed by atoms with E-state index in [0.717, 1.165) is 16.5 Å². The zero-order valence-corrected chi connectivity index (χ0v) is 11.7. The van der Waals surface area contributed by atoms with Gasteiger partial charge in [-0.15, -0.1) is 0 Å². The summed E-state index contributed by atoms with van der Waals surface area (Å²) in [5.74, 6) is 0.574. The Hall–Kier alpha value is -3.22. The minimum Gasteiger partial charge on any atom is -0.465 e. The zero-order valence-electron chi connectivity index (χ0n) is 11.7. The third-order valence-electron chi connectivity index (χ3n) is 3.30. The van der Waals surface area contributed by atoms with Crippen LogP contribution >= 0.6 is 0 Å². The van der Waals surface area contributed by atoms with Crippen molar-refractivity contribution in [2.45, 2.75) is 6.92 Å². The Morgan fingerprint density at radius 2 is 2.14 bits per heavy atom. The maximum atomic E-state index is 10.7. The molecule has 0 bridgehead atoms. The summed E-state index contributed by atoms with van der Waals surface area (Å²) in [5.41, 5.74) is 8.57. The quantitative estimate of drug-likeness (QED) is 0.669. The van der Waals surface area contributed by atoms with E-state index in [-0.39, 0.29) is 5.82 Å². The van der Waals surface area contributed by atoms with Crippen LogP contribution in [0.3, 0.4) is 0 Å². The normalized spacial score (nSPS) is 10.6. The van der Waals surface area contributed by atoms with Gasteiger partial charge < -0.3 is 10.8 Å². The third-order valence-corrected chi connectivity index (χ3v) is 3.30. The molecule has 4 N–H and O–H groups in total. The number of fused-ring (bicyclic) bond motifs is 1. The maximum Gasteiger partial charge on any atom is 0.410 e. The summed E-state index contributed by atoms with van der Waals surface area (Å²) >= 11 is 0. The molecule has 3 rings (SSSR count). The first-order chi connectivity index (χ1) is 10.5. The number of aryl methyl sites for hydroxylation is 1. The number of nitrogens with zero attached hydrogens (tertiary/aromatic N) is 3. The number of carbonyl (C=O) groups is 1. The first kappa shape index (κ1) is 13.7. The molecule has 0 aliphatic rings. The number of nitrogens with two attached hydrogens (primary N) is 1. The van der Waals surface area contributed by atoms with Gasteiger partial charge in [0.1, 0.15) is 11.6 Å². The van der Waals surface area contributed by atoms with Crippen molar-refractivity contribution in [3.05, 3.63) is 42.4 Å². The van der Waals surface area contributed by atoms with Crippen LogP contribution in [0.5, 0.6) is 0 Å². The molecule has 0 radical (unpaired) electrons. The Balaban J connectivity index is 2.17. The Labute approximate surface area is 125 Å². The molecule has 3 aromatic heterocycles. The fourth-order valence-corrected chi connectivity index (χ4v) is 2.22. The lowest BCUT2D eigenvalue weighted by atomic mass is 10.1. The van der Waals surface area contributed by atoms with Crippen LogP contribution in [0.15, 0.2) is 36.8 Å². The zero-order chi connectivity index (χ0) is 15.7. The highest BCUT2D eigenvalue weighted by atomic mass is 16.4. The minimum absolute atomic E-state index is 0.236. The van der Waals surface area contributed by atoms with E-state index >= 15 is 0 Å². The number of amides is 1. The van der Waals surface area contributed by atoms with Crippen molar-refractivity contribution in [2.75, 3.05) is 11.1 Å². The molecule has 0 saturated heterocycles. The molecule has 0 spiro atoms. The van der Waals surface area contributed by atoms with Crippen molar-refractivity contribution < 1.29 is 9.90 Å². The van der Waals surface area contributed by atoms with Crippen LogP contribution in [0.1, 0.15) is 5.56 Å². The third kappa shape index (κ3) is 2.51. The molecule has 7 heteroatoms. The summed E-state index contributed by atoms with van der Waals surface area (Å²) in [5, 5.41) is 12.4. The topological polar surface area (TPSA) is 114 Å². The summed E-state index contributed by atoms with van der Waals surface area (Å²) in [7, 11) is 0. The maximum absolute atomic E-state index is 10.7. The van der Waals surface area contributed by atoms with Crippen molar-refractivity contribution in [1.82, 2.24) is 15.0 Å². The van der Waals surface area contributed by atoms with E-state index in [4.69, 9.17) is 10.8 Å². The van der Waals surface area contributed by atoms with Crippen molar-refractivity contribution in [2.24, 2.45) is 0 Å². The lowest BCUT2D eigenvalue weighted by Crippen LogP contribution is -2.08. The number of pyridine rings is 3. The molecule has 110 valence electrons. The molecule has 22 heavy (non-hydrogen) atoms. The second-order valence-corrected chi connectivity index (χ2v) is 4.80. The van der Waals surface area contributed by atoms with Crippen LogP contribution < -0.4 is 11.1 Å². The van der Waals surface area contributed by atoms with Crippen molar-refractivity contribution >= 4 is 28.5 Å². The first-order valence-electron chi connectivity index (χ1n) is 6.52. The highest BCUT2D eigenvalue weighted by Gasteiger charge is 2.10. The van der Waals surface area contributed by atoms with Crippen LogP contribution in [-0.2, 0) is 0 Å². The van der Waals surface area contributed by atoms with Crippen LogP contribution in [0.2, 0.25) is 0 Å². The van der Waals surface area contributed by atoms with E-state index in [1.807, 2.05) is 19.1 Å². The summed E-state index contributed by atoms with van der Waals surface area (Å²) in [4.78, 5) is 23.2. The number of hydrogen-bond acceptors (Lipinski definition) is 5. The van der Waals surface area contributed by atoms with Gasteiger partial charge in [-0.25, -0.2) is 14.8 Å². The molecular formula is C15H13N5O2. The van der Waals surface area contributed by atoms with Crippen LogP contribution in [0, 0.1) is 6.92 Å². The van der Waals surface area contributed by atoms with Crippen molar-refractivity contribution in [1.29, 1.82) is 0 Å². The Kier molecular flexibility index (Phi) is 3.30. The number of nitrogen functional groups attached to an aromatic ring is 1. The molecule has 7 nitrogen and oxygen atoms in total. The highest BCUT2D eigenvalue weighted by Crippen LogP contribution is 2.28. The largest absolute Gasteiger partial charge is 0.465 e. The molecule has 3 heterocycles. The van der Waals surface area contributed by atoms with Crippen LogP contribution in [-0.4, -0.2) is 26.2 Å². The number of hydrogen-bond donors (Lipinski definition) is 3. The van der Waals surface area contributed by atoms with Gasteiger partial charge in [0.05, 0.1) is 5.69 Å². The number of rotatable bonds is 2. The Morgan fingerprint density at radius 3 is 2.86 bits per heavy atom. The SMILES string of the molecule is Cc1ccncc1-c1cc2cc(NC(=O)O)ncc2c(N)n1. The molecule has 0 aromatic carbocycles. The van der Waals surface area contributed by atoms with E-state index in [9.17, 15) is 4.79 Å². The fourth-order valence-electron chi connectivity index (χ4n) is 2.22. The van der Waals surface area contributed by atoms with Crippen LogP contribution in [0.4, 0.5) is 16.4 Å². The van der Waals surface area contributed by atoms with E-state index in [2.05, 4.69) is 20.3 Å². The molecule has 0 unspecified atom stereocenters. The first-order valence-corrected chi connectivity index (χ1v) is 6.52. The van der Waals surface area contributed by atoms with Crippen molar-refractivity contribution in [3.63, 3.8) is 0 Å². The van der Waals surface area contributed by atoms with E-state index in [1.165, 1.54) is 6.20 Å². The van der Waals surface area contributed by atoms with E-state index in [1.54, 1.807) is 18.5 Å². The standard InChI is InChI=1S/C15H13N5O2/c1-8-2-3-17-6-10(8)12-4-9-5-13(20-15(21)22)18-7-11(9)14(16)19-12/h2-7H,1H3,(H2,16,19)(H,18,20)(H,21,22). The van der Waals surface area contributed by atoms with Gasteiger partial charge in [-0.3, -0.25) is 10.3 Å². The van der Waals surface area contributed by atoms with Crippen LogP contribution in [0.25, 0.3) is 22.0 Å². The predicted molar refractivity (Wildman–Crippen MR) is 83.6 cm³/mol. The average molecular weight is 295 g/mol.